The molecule has 0 aliphatic rings. The fraction of sp³-hybridized carbons (Fsp3) is 0.500. The van der Waals surface area contributed by atoms with E-state index < -0.39 is 11.7 Å². The molecule has 118 valence electrons. The third-order valence-electron chi connectivity index (χ3n) is 3.10. The number of hydrogen-bond donors (Lipinski definition) is 2. The molecule has 0 fully saturated rings. The molecule has 0 saturated carbocycles. The number of benzene rings is 1. The van der Waals surface area contributed by atoms with Crippen LogP contribution in [0.25, 0.3) is 0 Å². The normalized spacial score (nSPS) is 12.7. The molecule has 1 rings (SSSR count). The van der Waals surface area contributed by atoms with Crippen LogP contribution in [-0.4, -0.2) is 42.7 Å². The van der Waals surface area contributed by atoms with Crippen LogP contribution in [0.3, 0.4) is 0 Å². The van der Waals surface area contributed by atoms with Gasteiger partial charge in [0, 0.05) is 0 Å². The minimum absolute atomic E-state index is 0.0724. The summed E-state index contributed by atoms with van der Waals surface area (Å²) in [5.41, 5.74) is -0.266. The van der Waals surface area contributed by atoms with Gasteiger partial charge in [-0.15, -0.1) is 6.58 Å². The highest BCUT2D eigenvalue weighted by Crippen LogP contribution is 2.39. The zero-order valence-electron chi connectivity index (χ0n) is 13.0. The van der Waals surface area contributed by atoms with Crippen LogP contribution in [0.5, 0.6) is 17.2 Å². The lowest BCUT2D eigenvalue weighted by atomic mass is 10.0. The average molecular weight is 296 g/mol. The summed E-state index contributed by atoms with van der Waals surface area (Å²) < 4.78 is 16.2. The maximum Gasteiger partial charge on any atom is 0.203 e. The number of aliphatic hydroxyl groups is 2. The van der Waals surface area contributed by atoms with Crippen LogP contribution in [0, 0.1) is 0 Å². The molecule has 21 heavy (non-hydrogen) atoms. The summed E-state index contributed by atoms with van der Waals surface area (Å²) in [7, 11) is 3.07. The van der Waals surface area contributed by atoms with Crippen LogP contribution < -0.4 is 14.2 Å². The second-order valence-corrected chi connectivity index (χ2v) is 5.30. The lowest BCUT2D eigenvalue weighted by molar-refractivity contribution is -0.0666. The molecule has 0 aliphatic heterocycles. The predicted molar refractivity (Wildman–Crippen MR) is 81.2 cm³/mol. The molecule has 1 atom stereocenters. The van der Waals surface area contributed by atoms with Crippen molar-refractivity contribution >= 4 is 0 Å². The van der Waals surface area contributed by atoms with Crippen molar-refractivity contribution in [1.82, 2.24) is 0 Å². The second-order valence-electron chi connectivity index (χ2n) is 5.30. The van der Waals surface area contributed by atoms with Gasteiger partial charge in [0.15, 0.2) is 11.5 Å². The molecule has 0 saturated heterocycles. The summed E-state index contributed by atoms with van der Waals surface area (Å²) >= 11 is 0. The highest BCUT2D eigenvalue weighted by atomic mass is 16.5. The number of rotatable bonds is 8. The maximum absolute atomic E-state index is 9.84. The molecule has 0 bridgehead atoms. The topological polar surface area (TPSA) is 68.2 Å². The van der Waals surface area contributed by atoms with Crippen LogP contribution in [0.4, 0.5) is 0 Å². The predicted octanol–water partition coefficient (Wildman–Crippen LogP) is 1.94. The fourth-order valence-corrected chi connectivity index (χ4v) is 1.73. The van der Waals surface area contributed by atoms with Crippen molar-refractivity contribution in [2.75, 3.05) is 20.8 Å². The Morgan fingerprint density at radius 1 is 1.24 bits per heavy atom. The van der Waals surface area contributed by atoms with Crippen LogP contribution in [0.1, 0.15) is 19.4 Å². The van der Waals surface area contributed by atoms with Gasteiger partial charge >= 0.3 is 0 Å². The van der Waals surface area contributed by atoms with Gasteiger partial charge in [-0.3, -0.25) is 0 Å². The van der Waals surface area contributed by atoms with E-state index in [0.29, 0.717) is 23.7 Å². The van der Waals surface area contributed by atoms with Gasteiger partial charge < -0.3 is 24.4 Å². The molecule has 5 heteroatoms. The van der Waals surface area contributed by atoms with Gasteiger partial charge in [-0.2, -0.15) is 0 Å². The Hall–Kier alpha value is -1.72. The molecular formula is C16H24O5. The van der Waals surface area contributed by atoms with E-state index in [1.54, 1.807) is 6.08 Å². The fourth-order valence-electron chi connectivity index (χ4n) is 1.73. The first-order valence-corrected chi connectivity index (χ1v) is 6.72. The Bertz CT molecular complexity index is 451. The van der Waals surface area contributed by atoms with E-state index in [1.807, 2.05) is 12.1 Å². The Balaban J connectivity index is 3.02. The number of methoxy groups -OCH3 is 2. The van der Waals surface area contributed by atoms with Crippen molar-refractivity contribution in [3.05, 3.63) is 30.4 Å². The smallest absolute Gasteiger partial charge is 0.203 e. The van der Waals surface area contributed by atoms with Gasteiger partial charge in [0.05, 0.1) is 19.8 Å². The Kier molecular flexibility index (Phi) is 6.05. The van der Waals surface area contributed by atoms with Gasteiger partial charge in [-0.1, -0.05) is 6.08 Å². The molecule has 0 aromatic heterocycles. The van der Waals surface area contributed by atoms with E-state index in [4.69, 9.17) is 14.2 Å². The highest BCUT2D eigenvalue weighted by molar-refractivity contribution is 5.54. The van der Waals surface area contributed by atoms with Crippen LogP contribution in [0.15, 0.2) is 24.8 Å². The molecule has 0 spiro atoms. The third kappa shape index (κ3) is 4.65. The van der Waals surface area contributed by atoms with Crippen LogP contribution in [-0.2, 0) is 6.42 Å². The zero-order chi connectivity index (χ0) is 16.0. The van der Waals surface area contributed by atoms with E-state index in [2.05, 4.69) is 6.58 Å². The molecule has 1 aromatic rings. The Morgan fingerprint density at radius 3 is 2.14 bits per heavy atom. The number of allylic oxidation sites excluding steroid dienone is 1. The monoisotopic (exact) mass is 296 g/mol. The largest absolute Gasteiger partial charge is 0.493 e. The summed E-state index contributed by atoms with van der Waals surface area (Å²) in [5.74, 6) is 1.42. The SMILES string of the molecule is C=CCc1cc(OC)c(OCC(O)C(C)(C)O)c(OC)c1. The van der Waals surface area contributed by atoms with E-state index in [-0.39, 0.29) is 6.61 Å². The summed E-state index contributed by atoms with van der Waals surface area (Å²) in [4.78, 5) is 0. The number of aliphatic hydroxyl groups excluding tert-OH is 1. The highest BCUT2D eigenvalue weighted by Gasteiger charge is 2.26. The van der Waals surface area contributed by atoms with E-state index >= 15 is 0 Å². The molecule has 0 heterocycles. The molecule has 0 radical (unpaired) electrons. The lowest BCUT2D eigenvalue weighted by Crippen LogP contribution is -2.40. The molecular weight excluding hydrogens is 272 g/mol. The van der Waals surface area contributed by atoms with Gasteiger partial charge in [0.25, 0.3) is 0 Å². The number of ether oxygens (including phenoxy) is 3. The van der Waals surface area contributed by atoms with Gasteiger partial charge in [0.1, 0.15) is 12.7 Å². The molecule has 0 aliphatic carbocycles. The molecule has 5 nitrogen and oxygen atoms in total. The van der Waals surface area contributed by atoms with Crippen molar-refractivity contribution in [2.24, 2.45) is 0 Å². The summed E-state index contributed by atoms with van der Waals surface area (Å²) in [6.07, 6.45) is 1.44. The maximum atomic E-state index is 9.84. The first-order valence-electron chi connectivity index (χ1n) is 6.72. The average Bonchev–Trinajstić information content (AvgIpc) is 2.43. The van der Waals surface area contributed by atoms with Crippen molar-refractivity contribution in [3.63, 3.8) is 0 Å². The Morgan fingerprint density at radius 2 is 1.76 bits per heavy atom. The minimum atomic E-state index is -1.25. The first-order chi connectivity index (χ1) is 9.83. The molecule has 0 amide bonds. The quantitative estimate of drug-likeness (QED) is 0.718. The molecule has 2 N–H and O–H groups in total. The van der Waals surface area contributed by atoms with Gasteiger partial charge in [0.2, 0.25) is 5.75 Å². The van der Waals surface area contributed by atoms with Crippen molar-refractivity contribution in [3.8, 4) is 17.2 Å². The van der Waals surface area contributed by atoms with Gasteiger partial charge in [-0.25, -0.2) is 0 Å². The van der Waals surface area contributed by atoms with E-state index in [0.717, 1.165) is 5.56 Å². The summed E-state index contributed by atoms with van der Waals surface area (Å²) in [6, 6.07) is 3.66. The van der Waals surface area contributed by atoms with Crippen molar-refractivity contribution in [1.29, 1.82) is 0 Å². The molecule has 1 unspecified atom stereocenters. The van der Waals surface area contributed by atoms with Gasteiger partial charge in [-0.05, 0) is 38.0 Å². The lowest BCUT2D eigenvalue weighted by Gasteiger charge is -2.25. The summed E-state index contributed by atoms with van der Waals surface area (Å²) in [5, 5.41) is 19.6. The minimum Gasteiger partial charge on any atom is -0.493 e. The molecule has 1 aromatic carbocycles. The third-order valence-corrected chi connectivity index (χ3v) is 3.10. The second kappa shape index (κ2) is 7.33. The zero-order valence-corrected chi connectivity index (χ0v) is 13.0. The van der Waals surface area contributed by atoms with Crippen molar-refractivity contribution < 1.29 is 24.4 Å². The van der Waals surface area contributed by atoms with Crippen molar-refractivity contribution in [2.45, 2.75) is 32.0 Å². The van der Waals surface area contributed by atoms with E-state index in [1.165, 1.54) is 28.1 Å². The Labute approximate surface area is 125 Å². The van der Waals surface area contributed by atoms with E-state index in [9.17, 15) is 10.2 Å². The van der Waals surface area contributed by atoms with Crippen LogP contribution >= 0.6 is 0 Å². The van der Waals surface area contributed by atoms with Crippen LogP contribution in [0.2, 0.25) is 0 Å². The summed E-state index contributed by atoms with van der Waals surface area (Å²) in [6.45, 7) is 6.66. The number of hydrogen-bond acceptors (Lipinski definition) is 5. The standard InChI is InChI=1S/C16H24O5/c1-6-7-11-8-12(19-4)15(13(9-11)20-5)21-10-14(17)16(2,3)18/h6,8-9,14,17-18H,1,7,10H2,2-5H3. The first kappa shape index (κ1) is 17.3.